The fourth-order valence-corrected chi connectivity index (χ4v) is 0.895. The lowest BCUT2D eigenvalue weighted by molar-refractivity contribution is -0.143. The van der Waals surface area contributed by atoms with Crippen LogP contribution in [0.5, 0.6) is 0 Å². The average Bonchev–Trinajstić information content (AvgIpc) is 2.02. The summed E-state index contributed by atoms with van der Waals surface area (Å²) < 4.78 is 0. The van der Waals surface area contributed by atoms with E-state index < -0.39 is 17.9 Å². The Morgan fingerprint density at radius 2 is 2.00 bits per heavy atom. The van der Waals surface area contributed by atoms with Gasteiger partial charge in [-0.15, -0.1) is 0 Å². The van der Waals surface area contributed by atoms with Crippen LogP contribution < -0.4 is 11.1 Å². The number of aliphatic carboxylic acids is 1. The Balaban J connectivity index is 4.16. The first-order chi connectivity index (χ1) is 6.47. The van der Waals surface area contributed by atoms with Crippen molar-refractivity contribution in [3.63, 3.8) is 0 Å². The van der Waals surface area contributed by atoms with Crippen molar-refractivity contribution in [3.8, 4) is 0 Å². The minimum absolute atomic E-state index is 0.239. The summed E-state index contributed by atoms with van der Waals surface area (Å²) in [6, 6.07) is -1.22. The van der Waals surface area contributed by atoms with Crippen LogP contribution in [0, 0.1) is 0 Å². The topological polar surface area (TPSA) is 109 Å². The number of nitrogens with two attached hydrogens (primary N) is 1. The van der Waals surface area contributed by atoms with Crippen molar-refractivity contribution in [1.82, 2.24) is 5.32 Å². The molecule has 0 saturated carbocycles. The van der Waals surface area contributed by atoms with Gasteiger partial charge in [0.05, 0.1) is 6.42 Å². The molecule has 0 aromatic heterocycles. The Kier molecular flexibility index (Phi) is 5.28. The molecule has 1 unspecified atom stereocenters. The molecule has 0 aromatic rings. The highest BCUT2D eigenvalue weighted by Crippen LogP contribution is 1.94. The number of carboxylic acid groups (broad SMARTS) is 1. The number of amides is 2. The van der Waals surface area contributed by atoms with Crippen LogP contribution in [0.25, 0.3) is 0 Å². The Morgan fingerprint density at radius 3 is 2.36 bits per heavy atom. The Bertz CT molecular complexity index is 239. The van der Waals surface area contributed by atoms with Crippen molar-refractivity contribution in [2.24, 2.45) is 5.73 Å². The van der Waals surface area contributed by atoms with Gasteiger partial charge in [-0.05, 0) is 6.42 Å². The van der Waals surface area contributed by atoms with Crippen molar-refractivity contribution in [2.45, 2.75) is 32.2 Å². The molecule has 0 bridgehead atoms. The van der Waals surface area contributed by atoms with E-state index in [2.05, 4.69) is 5.32 Å². The molecule has 4 N–H and O–H groups in total. The molecule has 0 spiro atoms. The lowest BCUT2D eigenvalue weighted by Crippen LogP contribution is -2.43. The summed E-state index contributed by atoms with van der Waals surface area (Å²) in [7, 11) is 0. The van der Waals surface area contributed by atoms with Crippen molar-refractivity contribution in [1.29, 1.82) is 0 Å². The maximum absolute atomic E-state index is 11.0. The smallest absolute Gasteiger partial charge is 0.326 e. The first-order valence-electron chi connectivity index (χ1n) is 4.27. The number of hydrogen-bond acceptors (Lipinski definition) is 3. The number of hydrogen-bond donors (Lipinski definition) is 3. The summed E-state index contributed by atoms with van der Waals surface area (Å²) in [6.07, 6.45) is 0.474. The molecule has 6 nitrogen and oxygen atoms in total. The molecule has 0 radical (unpaired) electrons. The number of carboxylic acids is 1. The lowest BCUT2D eigenvalue weighted by Gasteiger charge is -2.11. The van der Waals surface area contributed by atoms with Gasteiger partial charge in [0.1, 0.15) is 6.04 Å². The molecule has 0 rings (SSSR count). The molecule has 0 aliphatic heterocycles. The van der Waals surface area contributed by atoms with Crippen molar-refractivity contribution < 1.29 is 19.5 Å². The zero-order chi connectivity index (χ0) is 11.1. The normalized spacial score (nSPS) is 11.8. The third-order valence-electron chi connectivity index (χ3n) is 1.52. The van der Waals surface area contributed by atoms with Crippen molar-refractivity contribution in [2.75, 3.05) is 0 Å². The van der Waals surface area contributed by atoms with Gasteiger partial charge in [0.25, 0.3) is 0 Å². The van der Waals surface area contributed by atoms with Gasteiger partial charge < -0.3 is 16.2 Å². The summed E-state index contributed by atoms with van der Waals surface area (Å²) >= 11 is 0. The lowest BCUT2D eigenvalue weighted by atomic mass is 10.2. The first-order valence-corrected chi connectivity index (χ1v) is 4.27. The van der Waals surface area contributed by atoms with E-state index in [9.17, 15) is 14.4 Å². The van der Waals surface area contributed by atoms with Crippen LogP contribution in [0.4, 0.5) is 0 Å². The highest BCUT2D eigenvalue weighted by Gasteiger charge is 2.21. The van der Waals surface area contributed by atoms with Crippen LogP contribution in [0.2, 0.25) is 0 Å². The van der Waals surface area contributed by atoms with Crippen LogP contribution in [0.1, 0.15) is 26.2 Å². The second-order valence-corrected chi connectivity index (χ2v) is 2.88. The standard InChI is InChI=1S/C8H14N2O4/c1-2-3-7(12)10-5(8(13)14)4-6(9)11/h5H,2-4H2,1H3,(H2,9,11)(H,10,12)(H,13,14). The van der Waals surface area contributed by atoms with E-state index in [0.29, 0.717) is 6.42 Å². The monoisotopic (exact) mass is 202 g/mol. The quantitative estimate of drug-likeness (QED) is 0.525. The summed E-state index contributed by atoms with van der Waals surface area (Å²) in [5.74, 6) is -2.40. The fourth-order valence-electron chi connectivity index (χ4n) is 0.895. The molecule has 80 valence electrons. The van der Waals surface area contributed by atoms with Crippen LogP contribution in [0.3, 0.4) is 0 Å². The molecule has 2 amide bonds. The summed E-state index contributed by atoms with van der Waals surface area (Å²) in [5.41, 5.74) is 4.83. The molecular formula is C8H14N2O4. The van der Waals surface area contributed by atoms with Gasteiger partial charge in [0, 0.05) is 6.42 Å². The Hall–Kier alpha value is -1.59. The van der Waals surface area contributed by atoms with Crippen molar-refractivity contribution >= 4 is 17.8 Å². The van der Waals surface area contributed by atoms with E-state index >= 15 is 0 Å². The minimum atomic E-state index is -1.26. The number of nitrogens with one attached hydrogen (secondary N) is 1. The van der Waals surface area contributed by atoms with E-state index in [-0.39, 0.29) is 18.7 Å². The molecular weight excluding hydrogens is 188 g/mol. The van der Waals surface area contributed by atoms with Gasteiger partial charge in [0.2, 0.25) is 11.8 Å². The molecule has 6 heteroatoms. The molecule has 14 heavy (non-hydrogen) atoms. The Morgan fingerprint density at radius 1 is 1.43 bits per heavy atom. The number of carbonyl (C=O) groups is 3. The van der Waals surface area contributed by atoms with E-state index in [4.69, 9.17) is 10.8 Å². The van der Waals surface area contributed by atoms with E-state index in [1.165, 1.54) is 0 Å². The second-order valence-electron chi connectivity index (χ2n) is 2.88. The van der Waals surface area contributed by atoms with Crippen LogP contribution >= 0.6 is 0 Å². The first kappa shape index (κ1) is 12.4. The second kappa shape index (κ2) is 5.95. The summed E-state index contributed by atoms with van der Waals surface area (Å²) in [5, 5.41) is 10.8. The van der Waals surface area contributed by atoms with Crippen LogP contribution in [-0.4, -0.2) is 28.9 Å². The van der Waals surface area contributed by atoms with Gasteiger partial charge in [0.15, 0.2) is 0 Å². The minimum Gasteiger partial charge on any atom is -0.480 e. The molecule has 0 aliphatic rings. The van der Waals surface area contributed by atoms with E-state index in [0.717, 1.165) is 0 Å². The highest BCUT2D eigenvalue weighted by atomic mass is 16.4. The molecule has 0 aromatic carbocycles. The highest BCUT2D eigenvalue weighted by molar-refractivity contribution is 5.88. The molecule has 1 atom stereocenters. The van der Waals surface area contributed by atoms with Gasteiger partial charge in [-0.25, -0.2) is 4.79 Å². The van der Waals surface area contributed by atoms with Crippen molar-refractivity contribution in [3.05, 3.63) is 0 Å². The van der Waals surface area contributed by atoms with E-state index in [1.54, 1.807) is 6.92 Å². The van der Waals surface area contributed by atoms with Gasteiger partial charge >= 0.3 is 5.97 Å². The van der Waals surface area contributed by atoms with E-state index in [1.807, 2.05) is 0 Å². The average molecular weight is 202 g/mol. The summed E-state index contributed by atoms with van der Waals surface area (Å²) in [4.78, 5) is 32.0. The van der Waals surface area contributed by atoms with Gasteiger partial charge in [-0.1, -0.05) is 6.92 Å². The predicted octanol–water partition coefficient (Wildman–Crippen LogP) is -0.769. The Labute approximate surface area is 81.5 Å². The summed E-state index contributed by atoms with van der Waals surface area (Å²) in [6.45, 7) is 1.80. The predicted molar refractivity (Wildman–Crippen MR) is 48.3 cm³/mol. The van der Waals surface area contributed by atoms with Gasteiger partial charge in [-0.3, -0.25) is 9.59 Å². The zero-order valence-electron chi connectivity index (χ0n) is 7.95. The maximum atomic E-state index is 11.0. The third kappa shape index (κ3) is 5.13. The SMILES string of the molecule is CCCC(=O)NC(CC(N)=O)C(=O)O. The van der Waals surface area contributed by atoms with Gasteiger partial charge in [-0.2, -0.15) is 0 Å². The number of carbonyl (C=O) groups excluding carboxylic acids is 2. The largest absolute Gasteiger partial charge is 0.480 e. The number of primary amides is 1. The molecule has 0 saturated heterocycles. The van der Waals surface area contributed by atoms with Crippen LogP contribution in [-0.2, 0) is 14.4 Å². The fraction of sp³-hybridized carbons (Fsp3) is 0.625. The molecule has 0 aliphatic carbocycles. The molecule has 0 heterocycles. The van der Waals surface area contributed by atoms with Crippen LogP contribution in [0.15, 0.2) is 0 Å². The maximum Gasteiger partial charge on any atom is 0.326 e. The third-order valence-corrected chi connectivity index (χ3v) is 1.52. The number of rotatable bonds is 6. The molecule has 0 fully saturated rings. The zero-order valence-corrected chi connectivity index (χ0v) is 7.95.